The molecule has 4 nitrogen and oxygen atoms in total. The minimum atomic E-state index is -0.399. The number of hydrogen-bond donors (Lipinski definition) is 3. The lowest BCUT2D eigenvalue weighted by molar-refractivity contribution is 0.0951. The fourth-order valence-corrected chi connectivity index (χ4v) is 3.07. The maximum absolute atomic E-state index is 11.8. The Kier molecular flexibility index (Phi) is 4.44. The lowest BCUT2D eigenvalue weighted by Gasteiger charge is -2.06. The number of halogens is 1. The average molecular weight is 342 g/mol. The number of amides is 1. The summed E-state index contributed by atoms with van der Waals surface area (Å²) in [5.41, 5.74) is 0.0763. The van der Waals surface area contributed by atoms with Crippen LogP contribution in [0.3, 0.4) is 0 Å². The van der Waals surface area contributed by atoms with Crippen LogP contribution in [0.4, 0.5) is 0 Å². The van der Waals surface area contributed by atoms with Crippen LogP contribution in [0.5, 0.6) is 11.5 Å². The van der Waals surface area contributed by atoms with Gasteiger partial charge in [0.15, 0.2) is 0 Å². The average Bonchev–Trinajstić information content (AvgIpc) is 2.78. The van der Waals surface area contributed by atoms with Gasteiger partial charge in [0.1, 0.15) is 11.5 Å². The second kappa shape index (κ2) is 6.08. The van der Waals surface area contributed by atoms with Crippen molar-refractivity contribution in [2.24, 2.45) is 0 Å². The van der Waals surface area contributed by atoms with Gasteiger partial charge in [-0.25, -0.2) is 0 Å². The van der Waals surface area contributed by atoms with Crippen molar-refractivity contribution in [3.63, 3.8) is 0 Å². The van der Waals surface area contributed by atoms with E-state index in [2.05, 4.69) is 21.2 Å². The largest absolute Gasteiger partial charge is 0.508 e. The first-order chi connectivity index (χ1) is 9.06. The van der Waals surface area contributed by atoms with Gasteiger partial charge in [-0.1, -0.05) is 0 Å². The molecule has 1 amide bonds. The van der Waals surface area contributed by atoms with E-state index in [1.54, 1.807) is 11.3 Å². The highest BCUT2D eigenvalue weighted by molar-refractivity contribution is 9.11. The number of aromatic hydroxyl groups is 2. The number of rotatable bonds is 4. The molecule has 3 N–H and O–H groups in total. The molecule has 1 aromatic heterocycles. The number of phenolic OH excluding ortho intramolecular Hbond substituents is 2. The molecule has 1 aromatic carbocycles. The number of carbonyl (C=O) groups excluding carboxylic acids is 1. The molecule has 0 spiro atoms. The van der Waals surface area contributed by atoms with Gasteiger partial charge >= 0.3 is 0 Å². The third kappa shape index (κ3) is 3.71. The minimum Gasteiger partial charge on any atom is -0.508 e. The van der Waals surface area contributed by atoms with Crippen molar-refractivity contribution in [3.05, 3.63) is 44.6 Å². The molecule has 0 aliphatic carbocycles. The molecule has 6 heteroatoms. The lowest BCUT2D eigenvalue weighted by atomic mass is 10.1. The number of carbonyl (C=O) groups is 1. The normalized spacial score (nSPS) is 10.4. The van der Waals surface area contributed by atoms with Crippen LogP contribution in [0.15, 0.2) is 34.1 Å². The molecule has 2 rings (SSSR count). The Balaban J connectivity index is 1.92. The summed E-state index contributed by atoms with van der Waals surface area (Å²) in [4.78, 5) is 13.0. The van der Waals surface area contributed by atoms with Gasteiger partial charge in [-0.3, -0.25) is 4.79 Å². The molecule has 0 radical (unpaired) electrons. The lowest BCUT2D eigenvalue weighted by Crippen LogP contribution is -2.25. The van der Waals surface area contributed by atoms with Crippen molar-refractivity contribution in [2.45, 2.75) is 6.42 Å². The Hall–Kier alpha value is -1.53. The van der Waals surface area contributed by atoms with Crippen molar-refractivity contribution in [1.29, 1.82) is 0 Å². The molecular formula is C13H12BrNO3S. The van der Waals surface area contributed by atoms with E-state index in [1.165, 1.54) is 18.2 Å². The molecule has 19 heavy (non-hydrogen) atoms. The summed E-state index contributed by atoms with van der Waals surface area (Å²) in [7, 11) is 0. The SMILES string of the molecule is O=C(NCCc1ccc(Br)s1)c1cc(O)ccc1O. The van der Waals surface area contributed by atoms with Crippen molar-refractivity contribution in [3.8, 4) is 11.5 Å². The third-order valence-corrected chi connectivity index (χ3v) is 4.19. The zero-order chi connectivity index (χ0) is 13.8. The number of hydrogen-bond acceptors (Lipinski definition) is 4. The molecule has 0 aliphatic rings. The summed E-state index contributed by atoms with van der Waals surface area (Å²) in [5, 5.41) is 21.6. The van der Waals surface area contributed by atoms with Crippen molar-refractivity contribution < 1.29 is 15.0 Å². The summed E-state index contributed by atoms with van der Waals surface area (Å²) >= 11 is 4.99. The number of phenols is 2. The Morgan fingerprint density at radius 3 is 2.74 bits per heavy atom. The summed E-state index contributed by atoms with van der Waals surface area (Å²) < 4.78 is 1.06. The summed E-state index contributed by atoms with van der Waals surface area (Å²) in [5.74, 6) is -0.594. The molecule has 0 saturated carbocycles. The number of nitrogens with one attached hydrogen (secondary N) is 1. The molecule has 100 valence electrons. The highest BCUT2D eigenvalue weighted by Crippen LogP contribution is 2.23. The predicted molar refractivity (Wildman–Crippen MR) is 77.8 cm³/mol. The molecule has 0 fully saturated rings. The Morgan fingerprint density at radius 2 is 2.05 bits per heavy atom. The van der Waals surface area contributed by atoms with Gasteiger partial charge in [0.25, 0.3) is 5.91 Å². The summed E-state index contributed by atoms with van der Waals surface area (Å²) in [6.45, 7) is 0.473. The van der Waals surface area contributed by atoms with Gasteiger partial charge in [0.2, 0.25) is 0 Å². The van der Waals surface area contributed by atoms with Gasteiger partial charge in [-0.15, -0.1) is 11.3 Å². The van der Waals surface area contributed by atoms with Gasteiger partial charge in [-0.05, 0) is 52.7 Å². The Morgan fingerprint density at radius 1 is 1.26 bits per heavy atom. The molecule has 0 saturated heterocycles. The van der Waals surface area contributed by atoms with Crippen molar-refractivity contribution in [2.75, 3.05) is 6.54 Å². The van der Waals surface area contributed by atoms with Crippen LogP contribution in [-0.2, 0) is 6.42 Å². The maximum Gasteiger partial charge on any atom is 0.255 e. The second-order valence-corrected chi connectivity index (χ2v) is 6.46. The summed E-state index contributed by atoms with van der Waals surface area (Å²) in [6.07, 6.45) is 0.724. The number of benzene rings is 1. The van der Waals surface area contributed by atoms with Gasteiger partial charge in [0, 0.05) is 11.4 Å². The minimum absolute atomic E-state index is 0.0508. The van der Waals surface area contributed by atoms with Crippen LogP contribution >= 0.6 is 27.3 Å². The quantitative estimate of drug-likeness (QED) is 0.749. The highest BCUT2D eigenvalue weighted by Gasteiger charge is 2.11. The van der Waals surface area contributed by atoms with E-state index in [1.807, 2.05) is 12.1 Å². The molecular weight excluding hydrogens is 330 g/mol. The van der Waals surface area contributed by atoms with Crippen LogP contribution in [0, 0.1) is 0 Å². The van der Waals surface area contributed by atoms with E-state index in [0.29, 0.717) is 6.54 Å². The van der Waals surface area contributed by atoms with Crippen LogP contribution < -0.4 is 5.32 Å². The van der Waals surface area contributed by atoms with E-state index >= 15 is 0 Å². The zero-order valence-electron chi connectivity index (χ0n) is 9.89. The monoisotopic (exact) mass is 341 g/mol. The summed E-state index contributed by atoms with van der Waals surface area (Å²) in [6, 6.07) is 7.82. The van der Waals surface area contributed by atoms with E-state index in [4.69, 9.17) is 0 Å². The van der Waals surface area contributed by atoms with Gasteiger partial charge in [-0.2, -0.15) is 0 Å². The predicted octanol–water partition coefficient (Wildman–Crippen LogP) is 2.89. The molecule has 0 bridgehead atoms. The van der Waals surface area contributed by atoms with E-state index < -0.39 is 5.91 Å². The first kappa shape index (κ1) is 13.9. The molecule has 2 aromatic rings. The van der Waals surface area contributed by atoms with Crippen LogP contribution in [-0.4, -0.2) is 22.7 Å². The fraction of sp³-hybridized carbons (Fsp3) is 0.154. The Bertz CT molecular complexity index is 597. The third-order valence-electron chi connectivity index (χ3n) is 2.51. The van der Waals surface area contributed by atoms with Crippen LogP contribution in [0.2, 0.25) is 0 Å². The Labute approximate surface area is 122 Å². The van der Waals surface area contributed by atoms with E-state index in [9.17, 15) is 15.0 Å². The zero-order valence-corrected chi connectivity index (χ0v) is 12.3. The first-order valence-electron chi connectivity index (χ1n) is 5.60. The molecule has 1 heterocycles. The smallest absolute Gasteiger partial charge is 0.255 e. The number of thiophene rings is 1. The van der Waals surface area contributed by atoms with Gasteiger partial charge in [0.05, 0.1) is 9.35 Å². The van der Waals surface area contributed by atoms with Gasteiger partial charge < -0.3 is 15.5 Å². The van der Waals surface area contributed by atoms with E-state index in [0.717, 1.165) is 15.1 Å². The van der Waals surface area contributed by atoms with Crippen LogP contribution in [0.1, 0.15) is 15.2 Å². The molecule has 0 unspecified atom stereocenters. The molecule has 0 aliphatic heterocycles. The first-order valence-corrected chi connectivity index (χ1v) is 7.21. The maximum atomic E-state index is 11.8. The van der Waals surface area contributed by atoms with Crippen molar-refractivity contribution in [1.82, 2.24) is 5.32 Å². The van der Waals surface area contributed by atoms with E-state index in [-0.39, 0.29) is 17.1 Å². The fourth-order valence-electron chi connectivity index (χ4n) is 1.59. The van der Waals surface area contributed by atoms with Crippen molar-refractivity contribution >= 4 is 33.2 Å². The standard InChI is InChI=1S/C13H12BrNO3S/c14-12-4-2-9(19-12)5-6-15-13(18)10-7-8(16)1-3-11(10)17/h1-4,7,16-17H,5-6H2,(H,15,18). The molecule has 0 atom stereocenters. The van der Waals surface area contributed by atoms with Crippen LogP contribution in [0.25, 0.3) is 0 Å². The highest BCUT2D eigenvalue weighted by atomic mass is 79.9. The second-order valence-electron chi connectivity index (χ2n) is 3.91. The topological polar surface area (TPSA) is 69.6 Å².